The smallest absolute Gasteiger partial charge is 0.163 e. The molecule has 25 heavy (non-hydrogen) atoms. The van der Waals surface area contributed by atoms with E-state index in [2.05, 4.69) is 0 Å². The van der Waals surface area contributed by atoms with Gasteiger partial charge in [-0.2, -0.15) is 0 Å². The van der Waals surface area contributed by atoms with Crippen LogP contribution in [0.1, 0.15) is 17.5 Å². The van der Waals surface area contributed by atoms with Crippen LogP contribution in [-0.2, 0) is 9.59 Å². The Labute approximate surface area is 143 Å². The maximum Gasteiger partial charge on any atom is 0.163 e. The Bertz CT molecular complexity index is 793. The first kappa shape index (κ1) is 17.8. The molecule has 0 heterocycles. The van der Waals surface area contributed by atoms with Gasteiger partial charge in [-0.3, -0.25) is 9.59 Å². The minimum absolute atomic E-state index is 0.260. The summed E-state index contributed by atoms with van der Waals surface area (Å²) in [6.45, 7) is 0. The number of aromatic hydroxyl groups is 4. The molecule has 0 fully saturated rings. The van der Waals surface area contributed by atoms with Gasteiger partial charge >= 0.3 is 0 Å². The maximum atomic E-state index is 11.8. The van der Waals surface area contributed by atoms with Crippen LogP contribution < -0.4 is 0 Å². The summed E-state index contributed by atoms with van der Waals surface area (Å²) in [6.07, 6.45) is 4.95. The summed E-state index contributed by atoms with van der Waals surface area (Å²) in [5, 5.41) is 37.1. The first-order valence-electron chi connectivity index (χ1n) is 7.31. The van der Waals surface area contributed by atoms with Crippen molar-refractivity contribution in [2.45, 2.75) is 6.42 Å². The summed E-state index contributed by atoms with van der Waals surface area (Å²) >= 11 is 0. The van der Waals surface area contributed by atoms with Crippen molar-refractivity contribution in [3.05, 3.63) is 59.7 Å². The van der Waals surface area contributed by atoms with Crippen LogP contribution in [0.5, 0.6) is 23.0 Å². The highest BCUT2D eigenvalue weighted by atomic mass is 16.3. The topological polar surface area (TPSA) is 115 Å². The van der Waals surface area contributed by atoms with E-state index in [0.29, 0.717) is 11.1 Å². The number of ketones is 2. The molecule has 6 nitrogen and oxygen atoms in total. The molecule has 0 aliphatic rings. The van der Waals surface area contributed by atoms with E-state index in [1.807, 2.05) is 0 Å². The second-order valence-corrected chi connectivity index (χ2v) is 5.27. The van der Waals surface area contributed by atoms with Crippen LogP contribution in [-0.4, -0.2) is 32.0 Å². The van der Waals surface area contributed by atoms with Crippen molar-refractivity contribution in [3.8, 4) is 23.0 Å². The summed E-state index contributed by atoms with van der Waals surface area (Å²) in [5.41, 5.74) is 1.01. The molecule has 0 bridgehead atoms. The predicted molar refractivity (Wildman–Crippen MR) is 92.2 cm³/mol. The first-order chi connectivity index (χ1) is 11.8. The standard InChI is InChI=1S/C19H16O6/c20-14(5-1-12-3-7-16(22)18(24)9-12)11-15(21)6-2-13-4-8-17(23)19(25)10-13/h1-10,22-25H,11H2/b5-1+,6-2+. The molecule has 0 saturated carbocycles. The van der Waals surface area contributed by atoms with E-state index in [4.69, 9.17) is 0 Å². The Hall–Kier alpha value is -3.54. The quantitative estimate of drug-likeness (QED) is 0.365. The predicted octanol–water partition coefficient (Wildman–Crippen LogP) is 2.76. The van der Waals surface area contributed by atoms with Crippen LogP contribution >= 0.6 is 0 Å². The zero-order valence-electron chi connectivity index (χ0n) is 13.1. The molecular formula is C19H16O6. The Kier molecular flexibility index (Phi) is 5.58. The van der Waals surface area contributed by atoms with Crippen LogP contribution in [0.25, 0.3) is 12.2 Å². The fourth-order valence-electron chi connectivity index (χ4n) is 1.96. The van der Waals surface area contributed by atoms with Gasteiger partial charge in [-0.05, 0) is 47.5 Å². The van der Waals surface area contributed by atoms with E-state index >= 15 is 0 Å². The molecule has 0 amide bonds. The van der Waals surface area contributed by atoms with Gasteiger partial charge in [-0.1, -0.05) is 24.3 Å². The van der Waals surface area contributed by atoms with Crippen molar-refractivity contribution in [1.82, 2.24) is 0 Å². The molecule has 2 aromatic carbocycles. The Morgan fingerprint density at radius 1 is 0.680 bits per heavy atom. The normalized spacial score (nSPS) is 11.2. The number of phenols is 4. The lowest BCUT2D eigenvalue weighted by molar-refractivity contribution is -0.121. The number of benzene rings is 2. The summed E-state index contributed by atoms with van der Waals surface area (Å²) in [4.78, 5) is 23.5. The average Bonchev–Trinajstić information content (AvgIpc) is 2.57. The molecule has 2 rings (SSSR count). The second kappa shape index (κ2) is 7.83. The number of carbonyl (C=O) groups is 2. The highest BCUT2D eigenvalue weighted by Gasteiger charge is 2.05. The van der Waals surface area contributed by atoms with Crippen molar-refractivity contribution >= 4 is 23.7 Å². The van der Waals surface area contributed by atoms with E-state index < -0.39 is 11.6 Å². The molecule has 128 valence electrons. The average molecular weight is 340 g/mol. The SMILES string of the molecule is O=C(/C=C/c1ccc(O)c(O)c1)CC(=O)/C=C/c1ccc(O)c(O)c1. The van der Waals surface area contributed by atoms with Gasteiger partial charge in [0.1, 0.15) is 0 Å². The summed E-state index contributed by atoms with van der Waals surface area (Å²) in [7, 11) is 0. The zero-order chi connectivity index (χ0) is 18.4. The van der Waals surface area contributed by atoms with Gasteiger partial charge in [-0.25, -0.2) is 0 Å². The van der Waals surface area contributed by atoms with E-state index in [-0.39, 0.29) is 29.4 Å². The van der Waals surface area contributed by atoms with Crippen molar-refractivity contribution in [2.24, 2.45) is 0 Å². The highest BCUT2D eigenvalue weighted by molar-refractivity contribution is 6.10. The fraction of sp³-hybridized carbons (Fsp3) is 0.0526. The molecule has 4 N–H and O–H groups in total. The van der Waals surface area contributed by atoms with Gasteiger partial charge in [0.15, 0.2) is 34.6 Å². The molecule has 0 spiro atoms. The lowest BCUT2D eigenvalue weighted by atomic mass is 10.1. The molecule has 0 aliphatic heterocycles. The number of allylic oxidation sites excluding steroid dienone is 2. The molecular weight excluding hydrogens is 324 g/mol. The summed E-state index contributed by atoms with van der Waals surface area (Å²) in [6, 6.07) is 8.19. The molecule has 6 heteroatoms. The number of carbonyl (C=O) groups excluding carboxylic acids is 2. The highest BCUT2D eigenvalue weighted by Crippen LogP contribution is 2.26. The van der Waals surface area contributed by atoms with E-state index in [1.165, 1.54) is 60.7 Å². The molecule has 0 aliphatic carbocycles. The lowest BCUT2D eigenvalue weighted by Crippen LogP contribution is -2.01. The summed E-state index contributed by atoms with van der Waals surface area (Å²) < 4.78 is 0. The minimum Gasteiger partial charge on any atom is -0.504 e. The van der Waals surface area contributed by atoms with Crippen molar-refractivity contribution in [3.63, 3.8) is 0 Å². The van der Waals surface area contributed by atoms with Crippen LogP contribution in [0.15, 0.2) is 48.6 Å². The third kappa shape index (κ3) is 5.24. The van der Waals surface area contributed by atoms with E-state index in [1.54, 1.807) is 0 Å². The van der Waals surface area contributed by atoms with Gasteiger partial charge in [-0.15, -0.1) is 0 Å². The largest absolute Gasteiger partial charge is 0.504 e. The molecule has 2 aromatic rings. The van der Waals surface area contributed by atoms with Gasteiger partial charge < -0.3 is 20.4 Å². The number of hydrogen-bond donors (Lipinski definition) is 4. The lowest BCUT2D eigenvalue weighted by Gasteiger charge is -1.99. The Balaban J connectivity index is 1.94. The van der Waals surface area contributed by atoms with Crippen LogP contribution in [0.3, 0.4) is 0 Å². The van der Waals surface area contributed by atoms with Crippen LogP contribution in [0.4, 0.5) is 0 Å². The third-order valence-electron chi connectivity index (χ3n) is 3.27. The van der Waals surface area contributed by atoms with Crippen molar-refractivity contribution in [2.75, 3.05) is 0 Å². The van der Waals surface area contributed by atoms with Gasteiger partial charge in [0, 0.05) is 0 Å². The number of rotatable bonds is 6. The van der Waals surface area contributed by atoms with Crippen molar-refractivity contribution < 1.29 is 30.0 Å². The van der Waals surface area contributed by atoms with Crippen LogP contribution in [0.2, 0.25) is 0 Å². The van der Waals surface area contributed by atoms with E-state index in [9.17, 15) is 30.0 Å². The minimum atomic E-state index is -0.421. The van der Waals surface area contributed by atoms with Gasteiger partial charge in [0.2, 0.25) is 0 Å². The second-order valence-electron chi connectivity index (χ2n) is 5.27. The number of phenolic OH excluding ortho intramolecular Hbond substituents is 4. The first-order valence-corrected chi connectivity index (χ1v) is 7.31. The molecule has 0 radical (unpaired) electrons. The monoisotopic (exact) mass is 340 g/mol. The van der Waals surface area contributed by atoms with Gasteiger partial charge in [0.05, 0.1) is 6.42 Å². The van der Waals surface area contributed by atoms with Crippen LogP contribution in [0, 0.1) is 0 Å². The molecule has 0 saturated heterocycles. The van der Waals surface area contributed by atoms with Crippen molar-refractivity contribution in [1.29, 1.82) is 0 Å². The Morgan fingerprint density at radius 3 is 1.44 bits per heavy atom. The summed E-state index contributed by atoms with van der Waals surface area (Å²) in [5.74, 6) is -1.96. The van der Waals surface area contributed by atoms with Gasteiger partial charge in [0.25, 0.3) is 0 Å². The molecule has 0 unspecified atom stereocenters. The zero-order valence-corrected chi connectivity index (χ0v) is 13.1. The number of hydrogen-bond acceptors (Lipinski definition) is 6. The Morgan fingerprint density at radius 2 is 1.08 bits per heavy atom. The fourth-order valence-corrected chi connectivity index (χ4v) is 1.96. The molecule has 0 atom stereocenters. The third-order valence-corrected chi connectivity index (χ3v) is 3.27. The maximum absolute atomic E-state index is 11.8. The van der Waals surface area contributed by atoms with E-state index in [0.717, 1.165) is 0 Å². The molecule has 0 aromatic heterocycles.